The Labute approximate surface area is 125 Å². The van der Waals surface area contributed by atoms with Crippen molar-refractivity contribution in [1.82, 2.24) is 10.2 Å². The summed E-state index contributed by atoms with van der Waals surface area (Å²) in [6.07, 6.45) is 3.30. The maximum Gasteiger partial charge on any atom is 0.253 e. The van der Waals surface area contributed by atoms with Crippen LogP contribution in [-0.2, 0) is 0 Å². The predicted octanol–water partition coefficient (Wildman–Crippen LogP) is 1.25. The van der Waals surface area contributed by atoms with E-state index in [9.17, 15) is 9.59 Å². The third-order valence-corrected chi connectivity index (χ3v) is 4.12. The van der Waals surface area contributed by atoms with E-state index in [1.165, 1.54) is 6.42 Å². The first kappa shape index (κ1) is 15.5. The van der Waals surface area contributed by atoms with Gasteiger partial charge in [0, 0.05) is 24.2 Å². The molecule has 1 aromatic carbocycles. The van der Waals surface area contributed by atoms with E-state index in [0.717, 1.165) is 32.5 Å². The summed E-state index contributed by atoms with van der Waals surface area (Å²) in [7, 11) is 1.97. The molecule has 5 nitrogen and oxygen atoms in total. The van der Waals surface area contributed by atoms with Crippen molar-refractivity contribution in [1.29, 1.82) is 0 Å². The second-order valence-corrected chi connectivity index (χ2v) is 5.57. The monoisotopic (exact) mass is 289 g/mol. The summed E-state index contributed by atoms with van der Waals surface area (Å²) in [6.45, 7) is 2.66. The zero-order valence-corrected chi connectivity index (χ0v) is 12.5. The number of hydrogen-bond donors (Lipinski definition) is 2. The van der Waals surface area contributed by atoms with Gasteiger partial charge in [0.15, 0.2) is 0 Å². The van der Waals surface area contributed by atoms with Crippen LogP contribution in [0.25, 0.3) is 0 Å². The van der Waals surface area contributed by atoms with Gasteiger partial charge in [-0.15, -0.1) is 0 Å². The molecule has 3 N–H and O–H groups in total. The molecule has 1 saturated heterocycles. The van der Waals surface area contributed by atoms with E-state index in [0.29, 0.717) is 17.0 Å². The fourth-order valence-electron chi connectivity index (χ4n) is 2.73. The third-order valence-electron chi connectivity index (χ3n) is 4.12. The first-order valence-electron chi connectivity index (χ1n) is 7.45. The number of piperidine rings is 1. The van der Waals surface area contributed by atoms with Crippen LogP contribution in [0.5, 0.6) is 0 Å². The molecule has 0 atom stereocenters. The highest BCUT2D eigenvalue weighted by Crippen LogP contribution is 2.21. The second kappa shape index (κ2) is 7.22. The van der Waals surface area contributed by atoms with Gasteiger partial charge in [0.05, 0.1) is 0 Å². The Bertz CT molecular complexity index is 491. The number of nitrogens with two attached hydrogens (primary N) is 1. The number of likely N-dealkylation sites (tertiary alicyclic amines) is 1. The molecule has 0 radical (unpaired) electrons. The first-order valence-corrected chi connectivity index (χ1v) is 7.45. The molecule has 2 amide bonds. The molecule has 0 spiro atoms. The zero-order valence-electron chi connectivity index (χ0n) is 12.5. The lowest BCUT2D eigenvalue weighted by molar-refractivity contribution is 0.0686. The largest absolute Gasteiger partial charge is 0.366 e. The van der Waals surface area contributed by atoms with Crippen LogP contribution in [0.2, 0.25) is 0 Å². The van der Waals surface area contributed by atoms with Gasteiger partial charge in [-0.2, -0.15) is 0 Å². The molecule has 0 unspecified atom stereocenters. The maximum atomic E-state index is 12.4. The highest BCUT2D eigenvalue weighted by molar-refractivity contribution is 5.97. The van der Waals surface area contributed by atoms with Crippen molar-refractivity contribution >= 4 is 11.8 Å². The van der Waals surface area contributed by atoms with Gasteiger partial charge in [0.25, 0.3) is 5.91 Å². The van der Waals surface area contributed by atoms with E-state index in [-0.39, 0.29) is 5.91 Å². The van der Waals surface area contributed by atoms with Crippen LogP contribution >= 0.6 is 0 Å². The molecule has 21 heavy (non-hydrogen) atoms. The molecule has 0 aromatic heterocycles. The summed E-state index contributed by atoms with van der Waals surface area (Å²) in [4.78, 5) is 25.3. The molecule has 1 fully saturated rings. The van der Waals surface area contributed by atoms with Gasteiger partial charge in [0.2, 0.25) is 5.91 Å². The lowest BCUT2D eigenvalue weighted by Gasteiger charge is -2.32. The summed E-state index contributed by atoms with van der Waals surface area (Å²) in [5, 5.41) is 3.17. The lowest BCUT2D eigenvalue weighted by atomic mass is 9.93. The van der Waals surface area contributed by atoms with Gasteiger partial charge in [-0.25, -0.2) is 0 Å². The number of carbonyl (C=O) groups is 2. The van der Waals surface area contributed by atoms with Crippen molar-refractivity contribution in [2.45, 2.75) is 19.3 Å². The number of rotatable bonds is 5. The van der Waals surface area contributed by atoms with Crippen LogP contribution in [0, 0.1) is 5.92 Å². The van der Waals surface area contributed by atoms with Gasteiger partial charge < -0.3 is 16.0 Å². The molecular formula is C16H23N3O2. The minimum atomic E-state index is -0.473. The quantitative estimate of drug-likeness (QED) is 0.856. The average molecular weight is 289 g/mol. The minimum Gasteiger partial charge on any atom is -0.366 e. The standard InChI is InChI=1S/C16H23N3O2/c1-18-9-6-12-7-10-19(11-8-12)16(21)14-4-2-13(3-5-14)15(17)20/h2-5,12,18H,6-11H2,1H3,(H2,17,20). The minimum absolute atomic E-state index is 0.0399. The summed E-state index contributed by atoms with van der Waals surface area (Å²) < 4.78 is 0. The van der Waals surface area contributed by atoms with E-state index in [2.05, 4.69) is 5.32 Å². The number of hydrogen-bond acceptors (Lipinski definition) is 3. The molecule has 1 aromatic rings. The summed E-state index contributed by atoms with van der Waals surface area (Å²) in [5.41, 5.74) is 6.25. The van der Waals surface area contributed by atoms with E-state index in [1.54, 1.807) is 24.3 Å². The Hall–Kier alpha value is -1.88. The Kier molecular flexibility index (Phi) is 5.33. The lowest BCUT2D eigenvalue weighted by Crippen LogP contribution is -2.39. The number of amides is 2. The molecule has 0 bridgehead atoms. The Morgan fingerprint density at radius 2 is 1.76 bits per heavy atom. The number of carbonyl (C=O) groups excluding carboxylic acids is 2. The number of primary amides is 1. The molecule has 0 aliphatic carbocycles. The molecular weight excluding hydrogens is 266 g/mol. The topological polar surface area (TPSA) is 75.4 Å². The zero-order chi connectivity index (χ0) is 15.2. The van der Waals surface area contributed by atoms with E-state index < -0.39 is 5.91 Å². The van der Waals surface area contributed by atoms with Gasteiger partial charge in [-0.05, 0) is 63.0 Å². The Morgan fingerprint density at radius 1 is 1.19 bits per heavy atom. The highest BCUT2D eigenvalue weighted by Gasteiger charge is 2.23. The predicted molar refractivity (Wildman–Crippen MR) is 82.1 cm³/mol. The summed E-state index contributed by atoms with van der Waals surface area (Å²) in [5.74, 6) is 0.274. The smallest absolute Gasteiger partial charge is 0.253 e. The average Bonchev–Trinajstić information content (AvgIpc) is 2.53. The fourth-order valence-corrected chi connectivity index (χ4v) is 2.73. The molecule has 1 aliphatic rings. The highest BCUT2D eigenvalue weighted by atomic mass is 16.2. The van der Waals surface area contributed by atoms with Crippen molar-refractivity contribution < 1.29 is 9.59 Å². The van der Waals surface area contributed by atoms with Crippen molar-refractivity contribution in [3.8, 4) is 0 Å². The van der Waals surface area contributed by atoms with Gasteiger partial charge >= 0.3 is 0 Å². The summed E-state index contributed by atoms with van der Waals surface area (Å²) in [6, 6.07) is 6.56. The Morgan fingerprint density at radius 3 is 2.29 bits per heavy atom. The number of nitrogens with zero attached hydrogens (tertiary/aromatic N) is 1. The molecule has 2 rings (SSSR count). The van der Waals surface area contributed by atoms with E-state index in [1.807, 2.05) is 11.9 Å². The van der Waals surface area contributed by atoms with Crippen LogP contribution in [0.3, 0.4) is 0 Å². The molecule has 0 saturated carbocycles. The summed E-state index contributed by atoms with van der Waals surface area (Å²) >= 11 is 0. The number of benzene rings is 1. The van der Waals surface area contributed by atoms with Gasteiger partial charge in [-0.1, -0.05) is 0 Å². The maximum absolute atomic E-state index is 12.4. The van der Waals surface area contributed by atoms with Crippen molar-refractivity contribution in [3.05, 3.63) is 35.4 Å². The van der Waals surface area contributed by atoms with Crippen LogP contribution < -0.4 is 11.1 Å². The second-order valence-electron chi connectivity index (χ2n) is 5.57. The third kappa shape index (κ3) is 4.04. The van der Waals surface area contributed by atoms with Gasteiger partial charge in [-0.3, -0.25) is 9.59 Å². The van der Waals surface area contributed by atoms with Crippen molar-refractivity contribution in [2.24, 2.45) is 11.7 Å². The SMILES string of the molecule is CNCCC1CCN(C(=O)c2ccc(C(N)=O)cc2)CC1. The van der Waals surface area contributed by atoms with Crippen LogP contribution in [0.15, 0.2) is 24.3 Å². The van der Waals surface area contributed by atoms with Crippen LogP contribution in [-0.4, -0.2) is 43.4 Å². The van der Waals surface area contributed by atoms with Crippen LogP contribution in [0.4, 0.5) is 0 Å². The Balaban J connectivity index is 1.91. The van der Waals surface area contributed by atoms with E-state index in [4.69, 9.17) is 5.73 Å². The fraction of sp³-hybridized carbons (Fsp3) is 0.500. The van der Waals surface area contributed by atoms with Gasteiger partial charge in [0.1, 0.15) is 0 Å². The molecule has 5 heteroatoms. The molecule has 114 valence electrons. The molecule has 1 aliphatic heterocycles. The van der Waals surface area contributed by atoms with E-state index >= 15 is 0 Å². The molecule has 1 heterocycles. The number of nitrogens with one attached hydrogen (secondary N) is 1. The normalized spacial score (nSPS) is 16.0. The van der Waals surface area contributed by atoms with Crippen molar-refractivity contribution in [3.63, 3.8) is 0 Å². The first-order chi connectivity index (χ1) is 10.1. The van der Waals surface area contributed by atoms with Crippen LogP contribution in [0.1, 0.15) is 40.0 Å². The van der Waals surface area contributed by atoms with Crippen molar-refractivity contribution in [2.75, 3.05) is 26.7 Å².